The van der Waals surface area contributed by atoms with E-state index in [0.717, 1.165) is 5.56 Å². The average Bonchev–Trinajstić information content (AvgIpc) is 2.91. The number of carbonyl (C=O) groups excluding carboxylic acids is 1. The van der Waals surface area contributed by atoms with Crippen LogP contribution in [-0.4, -0.2) is 52.6 Å². The third-order valence-electron chi connectivity index (χ3n) is 3.53. The van der Waals surface area contributed by atoms with Crippen molar-refractivity contribution in [2.24, 2.45) is 0 Å². The Kier molecular flexibility index (Phi) is 5.79. The smallest absolute Gasteiger partial charge is 0.326 e. The van der Waals surface area contributed by atoms with E-state index in [1.54, 1.807) is 18.4 Å². The maximum absolute atomic E-state index is 12.8. The van der Waals surface area contributed by atoms with Gasteiger partial charge in [0.25, 0.3) is 0 Å². The molecule has 0 radical (unpaired) electrons. The van der Waals surface area contributed by atoms with E-state index in [0.29, 0.717) is 0 Å². The van der Waals surface area contributed by atoms with Gasteiger partial charge in [0, 0.05) is 13.0 Å². The minimum absolute atomic E-state index is 0.187. The van der Waals surface area contributed by atoms with Crippen LogP contribution in [0, 0.1) is 5.82 Å². The number of carbonyl (C=O) groups is 2. The summed E-state index contributed by atoms with van der Waals surface area (Å²) < 4.78 is 18.5. The first-order valence-corrected chi connectivity index (χ1v) is 8.28. The molecule has 1 N–H and O–H groups in total. The fourth-order valence-corrected chi connectivity index (χ4v) is 2.84. The highest BCUT2D eigenvalue weighted by Gasteiger charge is 2.39. The number of hydrogen-bond donors (Lipinski definition) is 1. The number of aliphatic carboxylic acids is 1. The summed E-state index contributed by atoms with van der Waals surface area (Å²) in [5.41, 5.74) is 0.808. The largest absolute Gasteiger partial charge is 0.480 e. The van der Waals surface area contributed by atoms with Crippen LogP contribution in [0.2, 0.25) is 0 Å². The number of ether oxygens (including phenoxy) is 1. The maximum atomic E-state index is 12.8. The van der Waals surface area contributed by atoms with Crippen molar-refractivity contribution >= 4 is 23.6 Å². The number of hydrogen-bond acceptors (Lipinski definition) is 4. The van der Waals surface area contributed by atoms with Gasteiger partial charge in [-0.05, 0) is 24.0 Å². The number of halogens is 1. The van der Waals surface area contributed by atoms with Crippen LogP contribution in [-0.2, 0) is 20.9 Å². The van der Waals surface area contributed by atoms with Crippen molar-refractivity contribution in [2.45, 2.75) is 25.2 Å². The number of amides is 1. The molecule has 1 aliphatic heterocycles. The van der Waals surface area contributed by atoms with E-state index >= 15 is 0 Å². The zero-order chi connectivity index (χ0) is 16.1. The van der Waals surface area contributed by atoms with Gasteiger partial charge in [-0.1, -0.05) is 12.1 Å². The molecule has 1 fully saturated rings. The summed E-state index contributed by atoms with van der Waals surface area (Å²) in [6, 6.07) is 5.10. The van der Waals surface area contributed by atoms with E-state index < -0.39 is 12.0 Å². The van der Waals surface area contributed by atoms with Gasteiger partial charge in [0.1, 0.15) is 11.9 Å². The van der Waals surface area contributed by atoms with Gasteiger partial charge in [0.05, 0.1) is 18.5 Å². The molecule has 0 saturated carbocycles. The first kappa shape index (κ1) is 16.8. The topological polar surface area (TPSA) is 66.8 Å². The Balaban J connectivity index is 1.94. The molecule has 1 aromatic rings. The van der Waals surface area contributed by atoms with Crippen LogP contribution in [0.15, 0.2) is 24.3 Å². The monoisotopic (exact) mass is 327 g/mol. The molecule has 22 heavy (non-hydrogen) atoms. The number of benzene rings is 1. The summed E-state index contributed by atoms with van der Waals surface area (Å²) in [6.07, 6.45) is 1.75. The van der Waals surface area contributed by atoms with Crippen molar-refractivity contribution in [2.75, 3.05) is 18.6 Å². The van der Waals surface area contributed by atoms with Crippen LogP contribution in [0.3, 0.4) is 0 Å². The second-order valence-electron chi connectivity index (χ2n) is 5.13. The van der Waals surface area contributed by atoms with Gasteiger partial charge in [0.15, 0.2) is 0 Å². The van der Waals surface area contributed by atoms with Crippen molar-refractivity contribution < 1.29 is 23.8 Å². The van der Waals surface area contributed by atoms with E-state index in [-0.39, 0.29) is 43.2 Å². The standard InChI is InChI=1S/C15H18FNO4S/c1-22-9-14(18)17-7-12(6-13(17)15(19)20)21-8-10-2-4-11(16)5-3-10/h2-5,12-13H,6-9H2,1H3,(H,19,20). The Morgan fingerprint density at radius 2 is 2.09 bits per heavy atom. The second kappa shape index (κ2) is 7.60. The molecule has 1 heterocycles. The third kappa shape index (κ3) is 4.20. The van der Waals surface area contributed by atoms with Crippen molar-refractivity contribution in [1.82, 2.24) is 4.90 Å². The lowest BCUT2D eigenvalue weighted by Crippen LogP contribution is -2.41. The molecule has 1 amide bonds. The van der Waals surface area contributed by atoms with Crippen LogP contribution < -0.4 is 0 Å². The van der Waals surface area contributed by atoms with Gasteiger partial charge in [0.2, 0.25) is 5.91 Å². The highest BCUT2D eigenvalue weighted by molar-refractivity contribution is 7.99. The fourth-order valence-electron chi connectivity index (χ4n) is 2.43. The maximum Gasteiger partial charge on any atom is 0.326 e. The molecule has 1 aromatic carbocycles. The molecular formula is C15H18FNO4S. The van der Waals surface area contributed by atoms with Crippen LogP contribution in [0.25, 0.3) is 0 Å². The summed E-state index contributed by atoms with van der Waals surface area (Å²) in [5.74, 6) is -1.26. The molecule has 0 aromatic heterocycles. The lowest BCUT2D eigenvalue weighted by atomic mass is 10.2. The quantitative estimate of drug-likeness (QED) is 0.862. The number of thioether (sulfide) groups is 1. The lowest BCUT2D eigenvalue weighted by Gasteiger charge is -2.20. The summed E-state index contributed by atoms with van der Waals surface area (Å²) in [6.45, 7) is 0.541. The van der Waals surface area contributed by atoms with Crippen molar-refractivity contribution in [3.63, 3.8) is 0 Å². The number of likely N-dealkylation sites (tertiary alicyclic amines) is 1. The molecule has 1 saturated heterocycles. The molecule has 0 aliphatic carbocycles. The molecular weight excluding hydrogens is 309 g/mol. The zero-order valence-corrected chi connectivity index (χ0v) is 13.0. The van der Waals surface area contributed by atoms with Crippen LogP contribution in [0.1, 0.15) is 12.0 Å². The number of carboxylic acid groups (broad SMARTS) is 1. The Morgan fingerprint density at radius 3 is 2.68 bits per heavy atom. The fraction of sp³-hybridized carbons (Fsp3) is 0.467. The van der Waals surface area contributed by atoms with Crippen LogP contribution in [0.5, 0.6) is 0 Å². The minimum Gasteiger partial charge on any atom is -0.480 e. The van der Waals surface area contributed by atoms with Crippen molar-refractivity contribution in [3.8, 4) is 0 Å². The number of nitrogens with zero attached hydrogens (tertiary/aromatic N) is 1. The van der Waals surface area contributed by atoms with Gasteiger partial charge in [-0.2, -0.15) is 11.8 Å². The molecule has 0 bridgehead atoms. The van der Waals surface area contributed by atoms with E-state index in [4.69, 9.17) is 4.74 Å². The molecule has 1 aliphatic rings. The Bertz CT molecular complexity index is 537. The SMILES string of the molecule is CSCC(=O)N1CC(OCc2ccc(F)cc2)CC1C(=O)O. The van der Waals surface area contributed by atoms with E-state index in [9.17, 15) is 19.1 Å². The van der Waals surface area contributed by atoms with Gasteiger partial charge < -0.3 is 14.7 Å². The Hall–Kier alpha value is -1.60. The molecule has 0 spiro atoms. The summed E-state index contributed by atoms with van der Waals surface area (Å²) in [4.78, 5) is 24.6. The predicted octanol–water partition coefficient (Wildman–Crippen LogP) is 1.76. The molecule has 2 atom stereocenters. The molecule has 2 rings (SSSR count). The Morgan fingerprint density at radius 1 is 1.41 bits per heavy atom. The zero-order valence-electron chi connectivity index (χ0n) is 12.2. The highest BCUT2D eigenvalue weighted by atomic mass is 32.2. The van der Waals surface area contributed by atoms with Gasteiger partial charge >= 0.3 is 5.97 Å². The number of carboxylic acids is 1. The van der Waals surface area contributed by atoms with Crippen LogP contribution in [0.4, 0.5) is 4.39 Å². The molecule has 120 valence electrons. The summed E-state index contributed by atoms with van der Waals surface area (Å²) in [7, 11) is 0. The highest BCUT2D eigenvalue weighted by Crippen LogP contribution is 2.22. The van der Waals surface area contributed by atoms with Crippen molar-refractivity contribution in [1.29, 1.82) is 0 Å². The van der Waals surface area contributed by atoms with E-state index in [2.05, 4.69) is 0 Å². The van der Waals surface area contributed by atoms with Crippen LogP contribution >= 0.6 is 11.8 Å². The number of rotatable bonds is 6. The summed E-state index contributed by atoms with van der Waals surface area (Å²) >= 11 is 1.36. The van der Waals surface area contributed by atoms with Gasteiger partial charge in [-0.15, -0.1) is 0 Å². The first-order valence-electron chi connectivity index (χ1n) is 6.88. The molecule has 5 nitrogen and oxygen atoms in total. The third-order valence-corrected chi connectivity index (χ3v) is 4.07. The van der Waals surface area contributed by atoms with Gasteiger partial charge in [-0.3, -0.25) is 4.79 Å². The lowest BCUT2D eigenvalue weighted by molar-refractivity contribution is -0.147. The molecule has 2 unspecified atom stereocenters. The molecule has 7 heteroatoms. The minimum atomic E-state index is -1.01. The van der Waals surface area contributed by atoms with Gasteiger partial charge in [-0.25, -0.2) is 9.18 Å². The average molecular weight is 327 g/mol. The van der Waals surface area contributed by atoms with Crippen molar-refractivity contribution in [3.05, 3.63) is 35.6 Å². The van der Waals surface area contributed by atoms with E-state index in [1.807, 2.05) is 0 Å². The van der Waals surface area contributed by atoms with E-state index in [1.165, 1.54) is 28.8 Å². The predicted molar refractivity (Wildman–Crippen MR) is 81.1 cm³/mol. The summed E-state index contributed by atoms with van der Waals surface area (Å²) in [5, 5.41) is 9.24. The first-order chi connectivity index (χ1) is 10.5. The second-order valence-corrected chi connectivity index (χ2v) is 5.99. The normalized spacial score (nSPS) is 21.1. The Labute approximate surface area is 132 Å².